The highest BCUT2D eigenvalue weighted by atomic mass is 19.4. The molecule has 70 valence electrons. The van der Waals surface area contributed by atoms with E-state index < -0.39 is 29.7 Å². The van der Waals surface area contributed by atoms with Crippen molar-refractivity contribution in [3.63, 3.8) is 0 Å². The molecule has 0 radical (unpaired) electrons. The van der Waals surface area contributed by atoms with E-state index in [1.165, 1.54) is 0 Å². The first-order valence-electron chi connectivity index (χ1n) is 4.21. The topological polar surface area (TPSA) is 43.1 Å². The SMILES string of the molecule is [2H]c1cc(C(N)=O)cc([2H])c1C(F)(F)F. The van der Waals surface area contributed by atoms with E-state index in [0.29, 0.717) is 12.1 Å². The molecule has 0 fully saturated rings. The number of carbonyl (C=O) groups is 1. The van der Waals surface area contributed by atoms with Gasteiger partial charge in [0.05, 0.1) is 8.30 Å². The number of carbonyl (C=O) groups excluding carboxylic acids is 1. The summed E-state index contributed by atoms with van der Waals surface area (Å²) in [5, 5.41) is 0. The van der Waals surface area contributed by atoms with Crippen LogP contribution in [-0.2, 0) is 6.18 Å². The van der Waals surface area contributed by atoms with Crippen LogP contribution in [0, 0.1) is 0 Å². The number of alkyl halides is 3. The molecular weight excluding hydrogens is 183 g/mol. The molecule has 0 spiro atoms. The Morgan fingerprint density at radius 3 is 2.15 bits per heavy atom. The predicted octanol–water partition coefficient (Wildman–Crippen LogP) is 1.80. The Labute approximate surface area is 75.0 Å². The lowest BCUT2D eigenvalue weighted by atomic mass is 10.1. The van der Waals surface area contributed by atoms with Crippen molar-refractivity contribution in [2.75, 3.05) is 0 Å². The average Bonchev–Trinajstić information content (AvgIpc) is 1.99. The number of rotatable bonds is 1. The number of primary amides is 1. The number of nitrogens with two attached hydrogens (primary N) is 1. The Morgan fingerprint density at radius 1 is 1.38 bits per heavy atom. The fraction of sp³-hybridized carbons (Fsp3) is 0.125. The Bertz CT molecular complexity index is 394. The van der Waals surface area contributed by atoms with Crippen LogP contribution in [0.1, 0.15) is 18.7 Å². The molecule has 0 atom stereocenters. The van der Waals surface area contributed by atoms with Crippen molar-refractivity contribution < 1.29 is 20.7 Å². The molecule has 13 heavy (non-hydrogen) atoms. The normalized spacial score (nSPS) is 13.5. The minimum atomic E-state index is -4.77. The first-order chi connectivity index (χ1) is 6.73. The minimum Gasteiger partial charge on any atom is -0.366 e. The highest BCUT2D eigenvalue weighted by molar-refractivity contribution is 5.92. The van der Waals surface area contributed by atoms with E-state index in [-0.39, 0.29) is 5.56 Å². The van der Waals surface area contributed by atoms with Crippen LogP contribution >= 0.6 is 0 Å². The molecule has 0 aliphatic carbocycles. The maximum Gasteiger partial charge on any atom is 0.416 e. The average molecular weight is 191 g/mol. The fourth-order valence-electron chi connectivity index (χ4n) is 0.689. The molecule has 0 bridgehead atoms. The van der Waals surface area contributed by atoms with E-state index in [9.17, 15) is 18.0 Å². The van der Waals surface area contributed by atoms with Crippen LogP contribution < -0.4 is 5.73 Å². The third kappa shape index (κ3) is 2.21. The molecule has 0 saturated carbocycles. The molecule has 1 aromatic rings. The van der Waals surface area contributed by atoms with Crippen LogP contribution in [-0.4, -0.2) is 5.91 Å². The molecule has 1 aromatic carbocycles. The van der Waals surface area contributed by atoms with Crippen LogP contribution in [0.3, 0.4) is 0 Å². The van der Waals surface area contributed by atoms with Crippen molar-refractivity contribution in [1.29, 1.82) is 0 Å². The van der Waals surface area contributed by atoms with Gasteiger partial charge in [0.15, 0.2) is 0 Å². The lowest BCUT2D eigenvalue weighted by Crippen LogP contribution is -2.11. The molecule has 0 saturated heterocycles. The predicted molar refractivity (Wildman–Crippen MR) is 40.0 cm³/mol. The summed E-state index contributed by atoms with van der Waals surface area (Å²) in [5.41, 5.74) is 3.18. The van der Waals surface area contributed by atoms with Crippen LogP contribution in [0.5, 0.6) is 0 Å². The van der Waals surface area contributed by atoms with Gasteiger partial charge in [-0.25, -0.2) is 0 Å². The van der Waals surface area contributed by atoms with Gasteiger partial charge >= 0.3 is 6.18 Å². The maximum atomic E-state index is 12.3. The van der Waals surface area contributed by atoms with Gasteiger partial charge in [-0.2, -0.15) is 13.2 Å². The van der Waals surface area contributed by atoms with E-state index in [0.717, 1.165) is 0 Å². The number of amides is 1. The number of benzene rings is 1. The van der Waals surface area contributed by atoms with Gasteiger partial charge in [-0.05, 0) is 24.2 Å². The Kier molecular flexibility index (Phi) is 1.65. The zero-order valence-electron chi connectivity index (χ0n) is 8.27. The summed E-state index contributed by atoms with van der Waals surface area (Å²) in [5.74, 6) is -0.967. The molecule has 2 N–H and O–H groups in total. The summed E-state index contributed by atoms with van der Waals surface area (Å²) >= 11 is 0. The highest BCUT2D eigenvalue weighted by Crippen LogP contribution is 2.28. The highest BCUT2D eigenvalue weighted by Gasteiger charge is 2.30. The summed E-state index contributed by atoms with van der Waals surface area (Å²) in [7, 11) is 0. The minimum absolute atomic E-state index is 0.280. The Morgan fingerprint density at radius 2 is 1.85 bits per heavy atom. The van der Waals surface area contributed by atoms with Gasteiger partial charge < -0.3 is 5.73 Å². The quantitative estimate of drug-likeness (QED) is 0.722. The molecule has 0 aliphatic rings. The van der Waals surface area contributed by atoms with Crippen LogP contribution in [0.2, 0.25) is 0 Å². The molecule has 2 nitrogen and oxygen atoms in total. The molecule has 1 amide bonds. The van der Waals surface area contributed by atoms with E-state index in [1.807, 2.05) is 0 Å². The van der Waals surface area contributed by atoms with Gasteiger partial charge in [-0.15, -0.1) is 0 Å². The summed E-state index contributed by atoms with van der Waals surface area (Å²) in [6, 6.07) is -0.459. The first kappa shape index (κ1) is 6.94. The van der Waals surface area contributed by atoms with Crippen molar-refractivity contribution in [3.05, 3.63) is 35.3 Å². The van der Waals surface area contributed by atoms with Gasteiger partial charge in [0.1, 0.15) is 0 Å². The molecule has 0 unspecified atom stereocenters. The number of halogens is 3. The standard InChI is InChI=1S/C8H6F3NO/c9-8(10,11)6-3-1-5(2-4-6)7(12)13/h1-4H,(H2,12,13)/i3D,4D. The van der Waals surface area contributed by atoms with Crippen LogP contribution in [0.25, 0.3) is 0 Å². The molecule has 1 rings (SSSR count). The van der Waals surface area contributed by atoms with E-state index in [2.05, 4.69) is 0 Å². The van der Waals surface area contributed by atoms with Crippen molar-refractivity contribution in [2.45, 2.75) is 6.18 Å². The maximum absolute atomic E-state index is 12.3. The Hall–Kier alpha value is -1.52. The largest absolute Gasteiger partial charge is 0.416 e. The first-order valence-corrected chi connectivity index (χ1v) is 3.21. The summed E-state index contributed by atoms with van der Waals surface area (Å²) < 4.78 is 51.0. The molecule has 0 aliphatic heterocycles. The van der Waals surface area contributed by atoms with E-state index in [1.54, 1.807) is 0 Å². The number of hydrogen-bond donors (Lipinski definition) is 1. The molecule has 5 heteroatoms. The second kappa shape index (κ2) is 3.08. The lowest BCUT2D eigenvalue weighted by Gasteiger charge is -2.05. The van der Waals surface area contributed by atoms with Gasteiger partial charge in [-0.1, -0.05) is 0 Å². The fourth-order valence-corrected chi connectivity index (χ4v) is 0.689. The smallest absolute Gasteiger partial charge is 0.366 e. The van der Waals surface area contributed by atoms with Crippen LogP contribution in [0.4, 0.5) is 13.2 Å². The molecular formula is C8H6F3NO. The van der Waals surface area contributed by atoms with E-state index >= 15 is 0 Å². The third-order valence-electron chi connectivity index (χ3n) is 1.31. The number of hydrogen-bond acceptors (Lipinski definition) is 1. The van der Waals surface area contributed by atoms with Crippen molar-refractivity contribution in [1.82, 2.24) is 0 Å². The third-order valence-corrected chi connectivity index (χ3v) is 1.31. The summed E-state index contributed by atoms with van der Waals surface area (Å²) in [6.45, 7) is 0. The van der Waals surface area contributed by atoms with Crippen molar-refractivity contribution in [2.24, 2.45) is 5.73 Å². The zero-order valence-corrected chi connectivity index (χ0v) is 6.27. The summed E-state index contributed by atoms with van der Waals surface area (Å²) in [4.78, 5) is 10.6. The second-order valence-corrected chi connectivity index (χ2v) is 2.27. The monoisotopic (exact) mass is 191 g/mol. The van der Waals surface area contributed by atoms with Gasteiger partial charge in [0, 0.05) is 5.56 Å². The molecule has 0 heterocycles. The lowest BCUT2D eigenvalue weighted by molar-refractivity contribution is -0.137. The van der Waals surface area contributed by atoms with E-state index in [4.69, 9.17) is 8.48 Å². The van der Waals surface area contributed by atoms with Crippen molar-refractivity contribution >= 4 is 5.91 Å². The van der Waals surface area contributed by atoms with Crippen LogP contribution in [0.15, 0.2) is 24.2 Å². The second-order valence-electron chi connectivity index (χ2n) is 2.27. The molecule has 0 aromatic heterocycles. The van der Waals surface area contributed by atoms with Gasteiger partial charge in [0.25, 0.3) is 0 Å². The van der Waals surface area contributed by atoms with Gasteiger partial charge in [-0.3, -0.25) is 4.79 Å². The Balaban J connectivity index is 3.41. The summed E-state index contributed by atoms with van der Waals surface area (Å²) in [6.07, 6.45) is -4.77. The zero-order chi connectivity index (χ0) is 11.8. The van der Waals surface area contributed by atoms with Gasteiger partial charge in [0.2, 0.25) is 5.91 Å². The van der Waals surface area contributed by atoms with Crippen molar-refractivity contribution in [3.8, 4) is 0 Å².